The summed E-state index contributed by atoms with van der Waals surface area (Å²) in [5.74, 6) is -1.78. The SMILES string of the molecule is COC(=O)c1ccc(N=Nc2ccc(C(=O)O)cc2[N+](=O)[O-])cc1. The van der Waals surface area contributed by atoms with Crippen molar-refractivity contribution in [1.82, 2.24) is 0 Å². The molecule has 9 heteroatoms. The summed E-state index contributed by atoms with van der Waals surface area (Å²) in [6.45, 7) is 0. The van der Waals surface area contributed by atoms with Crippen molar-refractivity contribution in [2.24, 2.45) is 10.2 Å². The second kappa shape index (κ2) is 7.09. The smallest absolute Gasteiger partial charge is 0.337 e. The topological polar surface area (TPSA) is 131 Å². The van der Waals surface area contributed by atoms with Gasteiger partial charge in [-0.1, -0.05) is 0 Å². The number of aromatic carboxylic acids is 1. The van der Waals surface area contributed by atoms with Gasteiger partial charge in [0.2, 0.25) is 0 Å². The molecule has 0 aliphatic rings. The predicted molar refractivity (Wildman–Crippen MR) is 82.0 cm³/mol. The number of azo groups is 1. The van der Waals surface area contributed by atoms with Gasteiger partial charge in [0.1, 0.15) is 0 Å². The average molecular weight is 329 g/mol. The molecule has 0 aliphatic carbocycles. The number of esters is 1. The third-order valence-corrected chi connectivity index (χ3v) is 2.98. The predicted octanol–water partition coefficient (Wildman–Crippen LogP) is 3.50. The van der Waals surface area contributed by atoms with Crippen molar-refractivity contribution >= 4 is 29.0 Å². The van der Waals surface area contributed by atoms with Crippen LogP contribution in [0.4, 0.5) is 17.1 Å². The highest BCUT2D eigenvalue weighted by atomic mass is 16.6. The fourth-order valence-electron chi connectivity index (χ4n) is 1.78. The molecule has 2 aromatic rings. The summed E-state index contributed by atoms with van der Waals surface area (Å²) in [6, 6.07) is 9.25. The Hall–Kier alpha value is -3.62. The minimum absolute atomic E-state index is 0.0814. The van der Waals surface area contributed by atoms with Crippen LogP contribution in [0.15, 0.2) is 52.7 Å². The fourth-order valence-corrected chi connectivity index (χ4v) is 1.78. The lowest BCUT2D eigenvalue weighted by Crippen LogP contribution is -1.99. The molecule has 0 spiro atoms. The number of hydrogen-bond acceptors (Lipinski definition) is 7. The van der Waals surface area contributed by atoms with Crippen LogP contribution in [0, 0.1) is 10.1 Å². The van der Waals surface area contributed by atoms with Crippen LogP contribution in [0.1, 0.15) is 20.7 Å². The van der Waals surface area contributed by atoms with Gasteiger partial charge in [0, 0.05) is 6.07 Å². The van der Waals surface area contributed by atoms with Crippen molar-refractivity contribution in [2.75, 3.05) is 7.11 Å². The zero-order valence-electron chi connectivity index (χ0n) is 12.4. The minimum atomic E-state index is -1.28. The van der Waals surface area contributed by atoms with Gasteiger partial charge in [-0.15, -0.1) is 5.11 Å². The Kier molecular flexibility index (Phi) is 4.95. The number of methoxy groups -OCH3 is 1. The zero-order chi connectivity index (χ0) is 17.7. The van der Waals surface area contributed by atoms with Crippen LogP contribution in [0.3, 0.4) is 0 Å². The van der Waals surface area contributed by atoms with Crippen LogP contribution in [0.5, 0.6) is 0 Å². The third kappa shape index (κ3) is 3.77. The highest BCUT2D eigenvalue weighted by molar-refractivity contribution is 5.90. The number of nitro groups is 1. The van der Waals surface area contributed by atoms with Crippen LogP contribution < -0.4 is 0 Å². The molecule has 0 radical (unpaired) electrons. The summed E-state index contributed by atoms with van der Waals surface area (Å²) >= 11 is 0. The summed E-state index contributed by atoms with van der Waals surface area (Å²) < 4.78 is 4.56. The van der Waals surface area contributed by atoms with Gasteiger partial charge < -0.3 is 9.84 Å². The molecule has 0 aromatic heterocycles. The number of carboxylic acids is 1. The number of ether oxygens (including phenoxy) is 1. The van der Waals surface area contributed by atoms with Gasteiger partial charge in [-0.2, -0.15) is 5.11 Å². The Bertz CT molecular complexity index is 830. The summed E-state index contributed by atoms with van der Waals surface area (Å²) in [4.78, 5) is 32.5. The first-order chi connectivity index (χ1) is 11.4. The quantitative estimate of drug-likeness (QED) is 0.386. The van der Waals surface area contributed by atoms with E-state index < -0.39 is 22.5 Å². The van der Waals surface area contributed by atoms with E-state index in [1.54, 1.807) is 0 Å². The Morgan fingerprint density at radius 1 is 1.08 bits per heavy atom. The number of rotatable bonds is 5. The van der Waals surface area contributed by atoms with Crippen molar-refractivity contribution in [1.29, 1.82) is 0 Å². The molecule has 0 fully saturated rings. The zero-order valence-corrected chi connectivity index (χ0v) is 12.4. The molecular formula is C15H11N3O6. The van der Waals surface area contributed by atoms with Crippen molar-refractivity contribution < 1.29 is 24.4 Å². The number of hydrogen-bond donors (Lipinski definition) is 1. The summed E-state index contributed by atoms with van der Waals surface area (Å²) in [7, 11) is 1.26. The number of nitrogens with zero attached hydrogens (tertiary/aromatic N) is 3. The second-order valence-electron chi connectivity index (χ2n) is 4.50. The molecule has 0 unspecified atom stereocenters. The van der Waals surface area contributed by atoms with E-state index in [4.69, 9.17) is 5.11 Å². The van der Waals surface area contributed by atoms with Gasteiger partial charge in [0.15, 0.2) is 5.69 Å². The molecule has 24 heavy (non-hydrogen) atoms. The van der Waals surface area contributed by atoms with Crippen LogP contribution in [-0.2, 0) is 4.74 Å². The van der Waals surface area contributed by atoms with E-state index in [9.17, 15) is 19.7 Å². The van der Waals surface area contributed by atoms with E-state index in [1.807, 2.05) is 0 Å². The maximum atomic E-state index is 11.3. The second-order valence-corrected chi connectivity index (χ2v) is 4.50. The molecule has 0 aliphatic heterocycles. The molecule has 1 N–H and O–H groups in total. The van der Waals surface area contributed by atoms with E-state index in [2.05, 4.69) is 15.0 Å². The highest BCUT2D eigenvalue weighted by Gasteiger charge is 2.17. The number of nitro benzene ring substituents is 1. The summed E-state index contributed by atoms with van der Waals surface area (Å²) in [5.41, 5.74) is -0.0811. The van der Waals surface area contributed by atoms with Gasteiger partial charge in [-0.3, -0.25) is 10.1 Å². The molecule has 9 nitrogen and oxygen atoms in total. The first-order valence-electron chi connectivity index (χ1n) is 6.54. The van der Waals surface area contributed by atoms with Crippen molar-refractivity contribution in [3.63, 3.8) is 0 Å². The monoisotopic (exact) mass is 329 g/mol. The fraction of sp³-hybridized carbons (Fsp3) is 0.0667. The van der Waals surface area contributed by atoms with Gasteiger partial charge in [-0.25, -0.2) is 9.59 Å². The lowest BCUT2D eigenvalue weighted by molar-refractivity contribution is -0.384. The van der Waals surface area contributed by atoms with Gasteiger partial charge in [0.05, 0.1) is 28.8 Å². The third-order valence-electron chi connectivity index (χ3n) is 2.98. The maximum Gasteiger partial charge on any atom is 0.337 e. The lowest BCUT2D eigenvalue weighted by Gasteiger charge is -2.00. The van der Waals surface area contributed by atoms with Crippen molar-refractivity contribution in [3.05, 3.63) is 63.7 Å². The molecule has 0 saturated carbocycles. The van der Waals surface area contributed by atoms with Gasteiger partial charge in [-0.05, 0) is 36.4 Å². The van der Waals surface area contributed by atoms with Crippen molar-refractivity contribution in [2.45, 2.75) is 0 Å². The van der Waals surface area contributed by atoms with Crippen LogP contribution in [0.2, 0.25) is 0 Å². The van der Waals surface area contributed by atoms with E-state index in [0.717, 1.165) is 6.07 Å². The van der Waals surface area contributed by atoms with Crippen LogP contribution in [-0.4, -0.2) is 29.1 Å². The summed E-state index contributed by atoms with van der Waals surface area (Å²) in [6.07, 6.45) is 0. The first kappa shape index (κ1) is 16.7. The Morgan fingerprint density at radius 3 is 2.25 bits per heavy atom. The molecule has 0 heterocycles. The number of carbonyl (C=O) groups excluding carboxylic acids is 1. The highest BCUT2D eigenvalue weighted by Crippen LogP contribution is 2.30. The summed E-state index contributed by atoms with van der Waals surface area (Å²) in [5, 5.41) is 27.5. The van der Waals surface area contributed by atoms with Gasteiger partial charge in [0.25, 0.3) is 5.69 Å². The Balaban J connectivity index is 2.30. The molecule has 0 saturated heterocycles. The van der Waals surface area contributed by atoms with Crippen LogP contribution in [0.25, 0.3) is 0 Å². The van der Waals surface area contributed by atoms with E-state index in [-0.39, 0.29) is 11.3 Å². The first-order valence-corrected chi connectivity index (χ1v) is 6.54. The largest absolute Gasteiger partial charge is 0.478 e. The number of benzene rings is 2. The van der Waals surface area contributed by atoms with E-state index in [0.29, 0.717) is 11.3 Å². The molecule has 122 valence electrons. The van der Waals surface area contributed by atoms with Crippen LogP contribution >= 0.6 is 0 Å². The Morgan fingerprint density at radius 2 is 1.71 bits per heavy atom. The average Bonchev–Trinajstić information content (AvgIpc) is 2.59. The lowest BCUT2D eigenvalue weighted by atomic mass is 10.2. The van der Waals surface area contributed by atoms with E-state index >= 15 is 0 Å². The standard InChI is InChI=1S/C15H11N3O6/c1-24-15(21)9-2-5-11(6-3-9)16-17-12-7-4-10(14(19)20)8-13(12)18(22)23/h2-8H,1H3,(H,19,20). The van der Waals surface area contributed by atoms with Gasteiger partial charge >= 0.3 is 11.9 Å². The number of carbonyl (C=O) groups is 2. The van der Waals surface area contributed by atoms with Crippen molar-refractivity contribution in [3.8, 4) is 0 Å². The normalized spacial score (nSPS) is 10.5. The molecule has 0 atom stereocenters. The number of carboxylic acid groups (broad SMARTS) is 1. The minimum Gasteiger partial charge on any atom is -0.478 e. The molecule has 0 bridgehead atoms. The molecule has 2 aromatic carbocycles. The molecule has 2 rings (SSSR count). The maximum absolute atomic E-state index is 11.3. The Labute approximate surface area is 135 Å². The van der Waals surface area contributed by atoms with E-state index in [1.165, 1.54) is 43.5 Å². The molecule has 0 amide bonds. The molecular weight excluding hydrogens is 318 g/mol.